The normalized spacial score (nSPS) is 11.6. The molecular weight excluding hydrogens is 344 g/mol. The second kappa shape index (κ2) is 6.19. The summed E-state index contributed by atoms with van der Waals surface area (Å²) in [6.07, 6.45) is 1.92. The number of nitrogens with one attached hydrogen (secondary N) is 2. The summed E-state index contributed by atoms with van der Waals surface area (Å²) in [5.41, 5.74) is 1.54. The number of hydrogen-bond acceptors (Lipinski definition) is 5. The number of sulfonamides is 1. The Kier molecular flexibility index (Phi) is 4.19. The van der Waals surface area contributed by atoms with Crippen molar-refractivity contribution in [2.75, 3.05) is 12.4 Å². The van der Waals surface area contributed by atoms with Crippen LogP contribution in [0.1, 0.15) is 0 Å². The van der Waals surface area contributed by atoms with Gasteiger partial charge in [0.2, 0.25) is 10.0 Å². The van der Waals surface area contributed by atoms with Crippen molar-refractivity contribution in [3.05, 3.63) is 58.8 Å². The Hall–Kier alpha value is -2.91. The zero-order valence-electron chi connectivity index (χ0n) is 13.6. The molecule has 0 saturated carbocycles. The van der Waals surface area contributed by atoms with Gasteiger partial charge in [0, 0.05) is 30.5 Å². The lowest BCUT2D eigenvalue weighted by molar-refractivity contribution is -0.384. The molecule has 3 rings (SSSR count). The lowest BCUT2D eigenvalue weighted by Gasteiger charge is -2.10. The van der Waals surface area contributed by atoms with Crippen LogP contribution in [0.25, 0.3) is 10.9 Å². The zero-order chi connectivity index (χ0) is 18.2. The van der Waals surface area contributed by atoms with E-state index in [4.69, 9.17) is 0 Å². The summed E-state index contributed by atoms with van der Waals surface area (Å²) in [7, 11) is -0.595. The molecule has 0 saturated heterocycles. The molecule has 0 unspecified atom stereocenters. The molecule has 0 aliphatic carbocycles. The monoisotopic (exact) mass is 360 g/mol. The van der Waals surface area contributed by atoms with E-state index in [0.717, 1.165) is 17.0 Å². The topological polar surface area (TPSA) is 106 Å². The second-order valence-electron chi connectivity index (χ2n) is 5.47. The highest BCUT2D eigenvalue weighted by Crippen LogP contribution is 2.31. The summed E-state index contributed by atoms with van der Waals surface area (Å²) in [6.45, 7) is 0. The minimum absolute atomic E-state index is 0.162. The number of hydrogen-bond donors (Lipinski definition) is 2. The third-order valence-corrected chi connectivity index (χ3v) is 5.32. The van der Waals surface area contributed by atoms with Crippen LogP contribution in [0, 0.1) is 10.1 Å². The van der Waals surface area contributed by atoms with Crippen molar-refractivity contribution in [3.8, 4) is 0 Å². The zero-order valence-corrected chi connectivity index (χ0v) is 14.4. The smallest absolute Gasteiger partial charge is 0.294 e. The molecule has 0 aliphatic heterocycles. The van der Waals surface area contributed by atoms with Gasteiger partial charge in [0.15, 0.2) is 0 Å². The maximum atomic E-state index is 11.8. The molecule has 0 bridgehead atoms. The van der Waals surface area contributed by atoms with E-state index in [9.17, 15) is 18.5 Å². The van der Waals surface area contributed by atoms with Gasteiger partial charge in [-0.05, 0) is 42.8 Å². The van der Waals surface area contributed by atoms with Crippen LogP contribution in [0.3, 0.4) is 0 Å². The summed E-state index contributed by atoms with van der Waals surface area (Å²) < 4.78 is 27.8. The molecular formula is C16H16N4O4S. The largest absolute Gasteiger partial charge is 0.350 e. The summed E-state index contributed by atoms with van der Waals surface area (Å²) in [5.74, 6) is 0. The standard InChI is InChI=1S/C16H16N4O4S/c1-17-25(23,24)13-5-6-14(16(10-13)20(21)22)18-12-4-3-11-7-8-19(2)15(11)9-12/h3-10,17-18H,1-2H3. The third kappa shape index (κ3) is 3.19. The molecule has 0 fully saturated rings. The lowest BCUT2D eigenvalue weighted by atomic mass is 10.2. The van der Waals surface area contributed by atoms with Crippen LogP contribution in [-0.2, 0) is 17.1 Å². The molecule has 3 aromatic rings. The van der Waals surface area contributed by atoms with Crippen molar-refractivity contribution in [1.29, 1.82) is 0 Å². The Morgan fingerprint density at radius 2 is 1.88 bits per heavy atom. The first-order valence-electron chi connectivity index (χ1n) is 7.36. The number of nitro benzene ring substituents is 1. The lowest BCUT2D eigenvalue weighted by Crippen LogP contribution is -2.18. The number of anilines is 2. The van der Waals surface area contributed by atoms with E-state index in [1.165, 1.54) is 19.2 Å². The first-order chi connectivity index (χ1) is 11.8. The predicted molar refractivity (Wildman–Crippen MR) is 95.5 cm³/mol. The van der Waals surface area contributed by atoms with Gasteiger partial charge in [0.25, 0.3) is 5.69 Å². The number of fused-ring (bicyclic) bond motifs is 1. The van der Waals surface area contributed by atoms with Gasteiger partial charge in [-0.3, -0.25) is 10.1 Å². The molecule has 1 heterocycles. The minimum atomic E-state index is -3.76. The van der Waals surface area contributed by atoms with Crippen molar-refractivity contribution >= 4 is 38.0 Å². The van der Waals surface area contributed by atoms with E-state index in [1.807, 2.05) is 42.1 Å². The minimum Gasteiger partial charge on any atom is -0.350 e. The van der Waals surface area contributed by atoms with Gasteiger partial charge in [-0.2, -0.15) is 0 Å². The van der Waals surface area contributed by atoms with Crippen molar-refractivity contribution < 1.29 is 13.3 Å². The Morgan fingerprint density at radius 1 is 1.12 bits per heavy atom. The molecule has 2 N–H and O–H groups in total. The van der Waals surface area contributed by atoms with E-state index in [0.29, 0.717) is 5.69 Å². The van der Waals surface area contributed by atoms with Gasteiger partial charge in [-0.1, -0.05) is 6.07 Å². The highest BCUT2D eigenvalue weighted by atomic mass is 32.2. The Labute approximate surface area is 144 Å². The number of rotatable bonds is 5. The van der Waals surface area contributed by atoms with Crippen LogP contribution in [0.15, 0.2) is 53.6 Å². The summed E-state index contributed by atoms with van der Waals surface area (Å²) in [4.78, 5) is 10.6. The molecule has 0 radical (unpaired) electrons. The highest BCUT2D eigenvalue weighted by Gasteiger charge is 2.20. The number of nitro groups is 1. The summed E-state index contributed by atoms with van der Waals surface area (Å²) >= 11 is 0. The number of aromatic nitrogens is 1. The van der Waals surface area contributed by atoms with Crippen LogP contribution in [-0.4, -0.2) is 25.0 Å². The molecule has 2 aromatic carbocycles. The first-order valence-corrected chi connectivity index (χ1v) is 8.84. The summed E-state index contributed by atoms with van der Waals surface area (Å²) in [5, 5.41) is 15.4. The summed E-state index contributed by atoms with van der Waals surface area (Å²) in [6, 6.07) is 11.3. The maximum Gasteiger partial charge on any atom is 0.294 e. The van der Waals surface area contributed by atoms with E-state index in [2.05, 4.69) is 10.0 Å². The van der Waals surface area contributed by atoms with Crippen LogP contribution < -0.4 is 10.0 Å². The highest BCUT2D eigenvalue weighted by molar-refractivity contribution is 7.89. The Balaban J connectivity index is 2.03. The Morgan fingerprint density at radius 3 is 2.56 bits per heavy atom. The van der Waals surface area contributed by atoms with Crippen LogP contribution in [0.4, 0.5) is 17.1 Å². The van der Waals surface area contributed by atoms with Gasteiger partial charge < -0.3 is 9.88 Å². The molecule has 0 amide bonds. The molecule has 0 aliphatic rings. The fourth-order valence-electron chi connectivity index (χ4n) is 2.55. The van der Waals surface area contributed by atoms with Gasteiger partial charge in [-0.25, -0.2) is 13.1 Å². The molecule has 0 spiro atoms. The second-order valence-corrected chi connectivity index (χ2v) is 7.36. The fourth-order valence-corrected chi connectivity index (χ4v) is 3.30. The van der Waals surface area contributed by atoms with Crippen molar-refractivity contribution in [3.63, 3.8) is 0 Å². The average molecular weight is 360 g/mol. The van der Waals surface area contributed by atoms with Gasteiger partial charge in [-0.15, -0.1) is 0 Å². The number of nitrogens with zero attached hydrogens (tertiary/aromatic N) is 2. The van der Waals surface area contributed by atoms with Gasteiger partial charge in [0.1, 0.15) is 5.69 Å². The van der Waals surface area contributed by atoms with E-state index in [1.54, 1.807) is 0 Å². The quantitative estimate of drug-likeness (QED) is 0.537. The van der Waals surface area contributed by atoms with Crippen molar-refractivity contribution in [2.24, 2.45) is 7.05 Å². The maximum absolute atomic E-state index is 11.8. The van der Waals surface area contributed by atoms with E-state index >= 15 is 0 Å². The number of benzene rings is 2. The first kappa shape index (κ1) is 16.9. The predicted octanol–water partition coefficient (Wildman–Crippen LogP) is 2.74. The molecule has 9 heteroatoms. The number of aryl methyl sites for hydroxylation is 1. The van der Waals surface area contributed by atoms with Crippen molar-refractivity contribution in [2.45, 2.75) is 4.90 Å². The third-order valence-electron chi connectivity index (χ3n) is 3.91. The Bertz CT molecular complexity index is 1070. The molecule has 130 valence electrons. The average Bonchev–Trinajstić information content (AvgIpc) is 2.95. The van der Waals surface area contributed by atoms with Gasteiger partial charge >= 0.3 is 0 Å². The van der Waals surface area contributed by atoms with Crippen molar-refractivity contribution in [1.82, 2.24) is 9.29 Å². The SMILES string of the molecule is CNS(=O)(=O)c1ccc(Nc2ccc3ccn(C)c3c2)c([N+](=O)[O-])c1. The van der Waals surface area contributed by atoms with Crippen LogP contribution in [0.5, 0.6) is 0 Å². The molecule has 0 atom stereocenters. The molecule has 25 heavy (non-hydrogen) atoms. The van der Waals surface area contributed by atoms with Crippen LogP contribution >= 0.6 is 0 Å². The molecule has 8 nitrogen and oxygen atoms in total. The van der Waals surface area contributed by atoms with E-state index < -0.39 is 14.9 Å². The fraction of sp³-hybridized carbons (Fsp3) is 0.125. The van der Waals surface area contributed by atoms with Crippen LogP contribution in [0.2, 0.25) is 0 Å². The van der Waals surface area contributed by atoms with Gasteiger partial charge in [0.05, 0.1) is 9.82 Å². The van der Waals surface area contributed by atoms with E-state index in [-0.39, 0.29) is 16.3 Å². The molecule has 1 aromatic heterocycles.